The number of carbonyl (C=O) groups is 2. The predicted molar refractivity (Wildman–Crippen MR) is 138 cm³/mol. The van der Waals surface area contributed by atoms with Gasteiger partial charge in [0.25, 0.3) is 5.91 Å². The lowest BCUT2D eigenvalue weighted by Gasteiger charge is -2.29. The van der Waals surface area contributed by atoms with Crippen LogP contribution in [-0.4, -0.2) is 65.4 Å². The topological polar surface area (TPSA) is 101 Å². The molecule has 2 aromatic carbocycles. The van der Waals surface area contributed by atoms with Gasteiger partial charge in [0.05, 0.1) is 12.7 Å². The third-order valence-electron chi connectivity index (χ3n) is 6.53. The van der Waals surface area contributed by atoms with Crippen LogP contribution < -0.4 is 15.8 Å². The molecule has 194 valence electrons. The molecule has 3 N–H and O–H groups in total. The van der Waals surface area contributed by atoms with Crippen LogP contribution in [0.5, 0.6) is 5.75 Å². The molecule has 2 unspecified atom stereocenters. The second-order valence-corrected chi connectivity index (χ2v) is 9.07. The zero-order valence-corrected chi connectivity index (χ0v) is 20.8. The van der Waals surface area contributed by atoms with Crippen LogP contribution >= 0.6 is 0 Å². The summed E-state index contributed by atoms with van der Waals surface area (Å²) in [4.78, 5) is 34.5. The van der Waals surface area contributed by atoms with Crippen molar-refractivity contribution in [1.82, 2.24) is 20.1 Å². The predicted octanol–water partition coefficient (Wildman–Crippen LogP) is 2.59. The number of hydrogen-bond donors (Lipinski definition) is 2. The minimum absolute atomic E-state index is 0.120. The summed E-state index contributed by atoms with van der Waals surface area (Å²) in [5.41, 5.74) is 7.99. The van der Waals surface area contributed by atoms with Crippen LogP contribution in [0, 0.1) is 5.82 Å². The van der Waals surface area contributed by atoms with Gasteiger partial charge >= 0.3 is 0 Å². The molecule has 2 heterocycles. The number of nitrogens with two attached hydrogens (primary N) is 1. The van der Waals surface area contributed by atoms with Gasteiger partial charge in [0.2, 0.25) is 5.91 Å². The van der Waals surface area contributed by atoms with Crippen molar-refractivity contribution in [2.24, 2.45) is 5.73 Å². The van der Waals surface area contributed by atoms with Gasteiger partial charge in [-0.1, -0.05) is 24.3 Å². The first kappa shape index (κ1) is 26.2. The van der Waals surface area contributed by atoms with E-state index >= 15 is 0 Å². The molecule has 1 fully saturated rings. The third kappa shape index (κ3) is 6.69. The van der Waals surface area contributed by atoms with Gasteiger partial charge in [0, 0.05) is 51.2 Å². The quantitative estimate of drug-likeness (QED) is 0.439. The van der Waals surface area contributed by atoms with Gasteiger partial charge in [0.15, 0.2) is 0 Å². The highest BCUT2D eigenvalue weighted by Gasteiger charge is 2.42. The van der Waals surface area contributed by atoms with Gasteiger partial charge in [-0.2, -0.15) is 0 Å². The van der Waals surface area contributed by atoms with Gasteiger partial charge in [-0.05, 0) is 53.9 Å². The minimum Gasteiger partial charge on any atom is -0.497 e. The molecule has 1 aliphatic heterocycles. The number of amides is 2. The molecule has 0 spiro atoms. The summed E-state index contributed by atoms with van der Waals surface area (Å²) < 4.78 is 19.0. The molecule has 0 radical (unpaired) electrons. The van der Waals surface area contributed by atoms with Crippen LogP contribution in [0.15, 0.2) is 73.1 Å². The number of nitrogens with zero attached hydrogens (tertiary/aromatic N) is 3. The van der Waals surface area contributed by atoms with Crippen LogP contribution in [0.2, 0.25) is 0 Å². The van der Waals surface area contributed by atoms with Crippen molar-refractivity contribution in [2.45, 2.75) is 31.6 Å². The van der Waals surface area contributed by atoms with Crippen molar-refractivity contribution < 1.29 is 18.7 Å². The molecule has 1 aliphatic rings. The maximum atomic E-state index is 13.6. The number of likely N-dealkylation sites (tertiary alicyclic amines) is 1. The molecule has 0 aliphatic carbocycles. The fourth-order valence-electron chi connectivity index (χ4n) is 4.66. The number of carbonyl (C=O) groups excluding carboxylic acids is 2. The van der Waals surface area contributed by atoms with Gasteiger partial charge in [-0.15, -0.1) is 0 Å². The van der Waals surface area contributed by atoms with E-state index in [1.54, 1.807) is 42.5 Å². The van der Waals surface area contributed by atoms with E-state index in [9.17, 15) is 14.0 Å². The first-order valence-electron chi connectivity index (χ1n) is 12.3. The Morgan fingerprint density at radius 2 is 1.92 bits per heavy atom. The second-order valence-electron chi connectivity index (χ2n) is 9.07. The normalized spacial score (nSPS) is 17.1. The van der Waals surface area contributed by atoms with Gasteiger partial charge in [-0.25, -0.2) is 4.39 Å². The molecule has 8 nitrogen and oxygen atoms in total. The maximum absolute atomic E-state index is 13.6. The molecular formula is C28H32FN5O3. The van der Waals surface area contributed by atoms with Crippen LogP contribution in [0.4, 0.5) is 4.39 Å². The third-order valence-corrected chi connectivity index (χ3v) is 6.53. The fourth-order valence-corrected chi connectivity index (χ4v) is 4.66. The van der Waals surface area contributed by atoms with Gasteiger partial charge in [0.1, 0.15) is 17.6 Å². The summed E-state index contributed by atoms with van der Waals surface area (Å²) in [5.74, 6) is -0.0215. The summed E-state index contributed by atoms with van der Waals surface area (Å²) in [6.07, 6.45) is 3.57. The Morgan fingerprint density at radius 1 is 1.14 bits per heavy atom. The summed E-state index contributed by atoms with van der Waals surface area (Å²) in [6.45, 7) is 2.09. The number of halogens is 1. The molecule has 37 heavy (non-hydrogen) atoms. The lowest BCUT2D eigenvalue weighted by Crippen LogP contribution is -2.47. The number of hydrogen-bond acceptors (Lipinski definition) is 6. The molecule has 9 heteroatoms. The molecule has 3 aromatic rings. The smallest absolute Gasteiger partial charge is 0.256 e. The monoisotopic (exact) mass is 505 g/mol. The van der Waals surface area contributed by atoms with E-state index in [0.29, 0.717) is 44.7 Å². The van der Waals surface area contributed by atoms with Gasteiger partial charge in [-0.3, -0.25) is 19.5 Å². The van der Waals surface area contributed by atoms with Crippen LogP contribution in [0.1, 0.15) is 27.9 Å². The molecular weight excluding hydrogens is 473 g/mol. The molecule has 1 saturated heterocycles. The van der Waals surface area contributed by atoms with Crippen molar-refractivity contribution in [3.8, 4) is 5.75 Å². The standard InChI is InChI=1S/C28H32FN5O3/c1-37-25-6-2-4-21(14-25)18-33(17-20-7-9-23(29)10-8-20)24-15-26(27(35)32-13-11-30)34(19-24)28(36)22-5-3-12-31-16-22/h2-10,12,14,16,24,26H,11,13,15,17-19,30H2,1H3,(H,32,35). The SMILES string of the molecule is COc1cccc(CN(Cc2ccc(F)cc2)C2CC(C(=O)NCCN)N(C(=O)c3cccnc3)C2)c1. The van der Waals surface area contributed by atoms with Crippen molar-refractivity contribution in [3.05, 3.63) is 95.6 Å². The van der Waals surface area contributed by atoms with Crippen molar-refractivity contribution in [3.63, 3.8) is 0 Å². The number of aromatic nitrogens is 1. The summed E-state index contributed by atoms with van der Waals surface area (Å²) in [6, 6.07) is 16.8. The lowest BCUT2D eigenvalue weighted by molar-refractivity contribution is -0.124. The van der Waals surface area contributed by atoms with E-state index in [-0.39, 0.29) is 23.7 Å². The number of ether oxygens (including phenoxy) is 1. The zero-order valence-electron chi connectivity index (χ0n) is 20.8. The molecule has 1 aromatic heterocycles. The minimum atomic E-state index is -0.648. The highest BCUT2D eigenvalue weighted by atomic mass is 19.1. The van der Waals surface area contributed by atoms with E-state index in [2.05, 4.69) is 15.2 Å². The highest BCUT2D eigenvalue weighted by molar-refractivity contribution is 5.97. The zero-order chi connectivity index (χ0) is 26.2. The van der Waals surface area contributed by atoms with E-state index < -0.39 is 6.04 Å². The molecule has 0 bridgehead atoms. The fraction of sp³-hybridized carbons (Fsp3) is 0.321. The largest absolute Gasteiger partial charge is 0.497 e. The van der Waals surface area contributed by atoms with E-state index in [1.165, 1.54) is 18.3 Å². The Hall–Kier alpha value is -3.82. The highest BCUT2D eigenvalue weighted by Crippen LogP contribution is 2.28. The molecule has 4 rings (SSSR count). The van der Waals surface area contributed by atoms with Crippen LogP contribution in [-0.2, 0) is 17.9 Å². The van der Waals surface area contributed by atoms with Crippen molar-refractivity contribution >= 4 is 11.8 Å². The van der Waals surface area contributed by atoms with E-state index in [0.717, 1.165) is 16.9 Å². The van der Waals surface area contributed by atoms with E-state index in [1.807, 2.05) is 24.3 Å². The average molecular weight is 506 g/mol. The average Bonchev–Trinajstić information content (AvgIpc) is 3.38. The van der Waals surface area contributed by atoms with Gasteiger partial charge < -0.3 is 20.7 Å². The molecule has 2 atom stereocenters. The van der Waals surface area contributed by atoms with E-state index in [4.69, 9.17) is 10.5 Å². The summed E-state index contributed by atoms with van der Waals surface area (Å²) >= 11 is 0. The van der Waals surface area contributed by atoms with Crippen molar-refractivity contribution in [2.75, 3.05) is 26.7 Å². The Labute approximate surface area is 216 Å². The van der Waals surface area contributed by atoms with Crippen molar-refractivity contribution in [1.29, 1.82) is 0 Å². The number of pyridine rings is 1. The first-order chi connectivity index (χ1) is 18.0. The molecule has 0 saturated carbocycles. The Bertz CT molecular complexity index is 1190. The Kier molecular flexibility index (Phi) is 8.81. The maximum Gasteiger partial charge on any atom is 0.256 e. The first-order valence-corrected chi connectivity index (χ1v) is 12.3. The van der Waals surface area contributed by atoms with Crippen LogP contribution in [0.25, 0.3) is 0 Å². The lowest BCUT2D eigenvalue weighted by atomic mass is 10.1. The number of nitrogens with one attached hydrogen (secondary N) is 1. The Balaban J connectivity index is 1.63. The molecule has 2 amide bonds. The summed E-state index contributed by atoms with van der Waals surface area (Å²) in [7, 11) is 1.62. The Morgan fingerprint density at radius 3 is 2.62 bits per heavy atom. The van der Waals surface area contributed by atoms with Crippen LogP contribution in [0.3, 0.4) is 0 Å². The number of rotatable bonds is 10. The number of benzene rings is 2. The number of methoxy groups -OCH3 is 1. The second kappa shape index (κ2) is 12.4. The summed E-state index contributed by atoms with van der Waals surface area (Å²) in [5, 5.41) is 2.84.